The molecule has 0 atom stereocenters. The molecule has 0 radical (unpaired) electrons. The van der Waals surface area contributed by atoms with Crippen molar-refractivity contribution >= 4 is 11.9 Å². The van der Waals surface area contributed by atoms with Gasteiger partial charge in [-0.05, 0) is 27.7 Å². The average Bonchev–Trinajstić information content (AvgIpc) is 2.71. The van der Waals surface area contributed by atoms with Gasteiger partial charge < -0.3 is 10.0 Å². The lowest BCUT2D eigenvalue weighted by Crippen LogP contribution is -2.44. The maximum absolute atomic E-state index is 13.0. The minimum Gasteiger partial charge on any atom is -0.476 e. The van der Waals surface area contributed by atoms with E-state index in [-0.39, 0.29) is 12.1 Å². The van der Waals surface area contributed by atoms with Gasteiger partial charge in [-0.3, -0.25) is 4.79 Å². The van der Waals surface area contributed by atoms with Crippen molar-refractivity contribution in [2.24, 2.45) is 0 Å². The summed E-state index contributed by atoms with van der Waals surface area (Å²) in [7, 11) is 0. The van der Waals surface area contributed by atoms with Gasteiger partial charge in [0.05, 0.1) is 0 Å². The molecule has 0 spiro atoms. The number of carboxylic acid groups (broad SMARTS) is 1. The van der Waals surface area contributed by atoms with Crippen LogP contribution in [0.2, 0.25) is 0 Å². The molecule has 0 aliphatic rings. The SMILES string of the molecule is CC(C)N(C(=O)Cn1nnc(C(=O)O)c1C(F)F)C(C)C. The molecular weight excluding hydrogens is 286 g/mol. The number of halogens is 2. The van der Waals surface area contributed by atoms with Crippen LogP contribution < -0.4 is 0 Å². The summed E-state index contributed by atoms with van der Waals surface area (Å²) in [6.07, 6.45) is -3.08. The van der Waals surface area contributed by atoms with Crippen molar-refractivity contribution in [3.05, 3.63) is 11.4 Å². The van der Waals surface area contributed by atoms with Crippen molar-refractivity contribution in [1.29, 1.82) is 0 Å². The van der Waals surface area contributed by atoms with Crippen LogP contribution in [0.15, 0.2) is 0 Å². The summed E-state index contributed by atoms with van der Waals surface area (Å²) >= 11 is 0. The van der Waals surface area contributed by atoms with Crippen LogP contribution in [0.3, 0.4) is 0 Å². The molecule has 1 aromatic rings. The Labute approximate surface area is 120 Å². The van der Waals surface area contributed by atoms with E-state index in [0.717, 1.165) is 0 Å². The van der Waals surface area contributed by atoms with Gasteiger partial charge in [0.25, 0.3) is 6.43 Å². The predicted molar refractivity (Wildman–Crippen MR) is 69.1 cm³/mol. The molecule has 0 aliphatic carbocycles. The number of amides is 1. The highest BCUT2D eigenvalue weighted by Crippen LogP contribution is 2.21. The first kappa shape index (κ1) is 17.0. The van der Waals surface area contributed by atoms with E-state index in [2.05, 4.69) is 10.3 Å². The zero-order valence-electron chi connectivity index (χ0n) is 12.2. The van der Waals surface area contributed by atoms with Gasteiger partial charge in [0.1, 0.15) is 12.2 Å². The molecule has 1 N–H and O–H groups in total. The van der Waals surface area contributed by atoms with E-state index in [0.29, 0.717) is 4.68 Å². The van der Waals surface area contributed by atoms with Gasteiger partial charge in [-0.2, -0.15) is 0 Å². The summed E-state index contributed by atoms with van der Waals surface area (Å²) in [5.74, 6) is -2.03. The average molecular weight is 304 g/mol. The number of hydrogen-bond donors (Lipinski definition) is 1. The third-order valence-electron chi connectivity index (χ3n) is 2.87. The monoisotopic (exact) mass is 304 g/mol. The van der Waals surface area contributed by atoms with E-state index in [1.807, 2.05) is 0 Å². The standard InChI is InChI=1S/C12H18F2N4O3/c1-6(2)18(7(3)4)8(19)5-17-10(11(13)14)9(12(20)21)15-16-17/h6-7,11H,5H2,1-4H3,(H,20,21). The lowest BCUT2D eigenvalue weighted by molar-refractivity contribution is -0.135. The van der Waals surface area contributed by atoms with E-state index >= 15 is 0 Å². The van der Waals surface area contributed by atoms with Crippen LogP contribution in [0.25, 0.3) is 0 Å². The molecule has 1 heterocycles. The smallest absolute Gasteiger partial charge is 0.358 e. The Balaban J connectivity index is 3.08. The molecule has 1 amide bonds. The van der Waals surface area contributed by atoms with E-state index in [1.165, 1.54) is 4.90 Å². The second-order valence-corrected chi connectivity index (χ2v) is 5.08. The van der Waals surface area contributed by atoms with Gasteiger partial charge in [0.2, 0.25) is 5.91 Å². The van der Waals surface area contributed by atoms with Gasteiger partial charge in [0.15, 0.2) is 5.69 Å². The summed E-state index contributed by atoms with van der Waals surface area (Å²) in [5, 5.41) is 15.4. The highest BCUT2D eigenvalue weighted by atomic mass is 19.3. The van der Waals surface area contributed by atoms with Gasteiger partial charge in [-0.1, -0.05) is 5.21 Å². The number of hydrogen-bond acceptors (Lipinski definition) is 4. The molecular formula is C12H18F2N4O3. The summed E-state index contributed by atoms with van der Waals surface area (Å²) in [6.45, 7) is 6.73. The molecule has 0 aliphatic heterocycles. The second kappa shape index (κ2) is 6.59. The molecule has 0 saturated heterocycles. The van der Waals surface area contributed by atoms with E-state index in [1.54, 1.807) is 27.7 Å². The highest BCUT2D eigenvalue weighted by Gasteiger charge is 2.29. The Morgan fingerprint density at radius 2 is 1.76 bits per heavy atom. The van der Waals surface area contributed by atoms with E-state index < -0.39 is 36.2 Å². The zero-order valence-corrected chi connectivity index (χ0v) is 12.2. The number of carboxylic acids is 1. The number of carbonyl (C=O) groups excluding carboxylic acids is 1. The highest BCUT2D eigenvalue weighted by molar-refractivity contribution is 5.86. The molecule has 0 aromatic carbocycles. The Morgan fingerprint density at radius 1 is 1.24 bits per heavy atom. The molecule has 21 heavy (non-hydrogen) atoms. The summed E-state index contributed by atoms with van der Waals surface area (Å²) in [4.78, 5) is 24.5. The lowest BCUT2D eigenvalue weighted by atomic mass is 10.2. The van der Waals surface area contributed by atoms with Crippen molar-refractivity contribution in [3.8, 4) is 0 Å². The van der Waals surface area contributed by atoms with Crippen LogP contribution >= 0.6 is 0 Å². The first-order valence-electron chi connectivity index (χ1n) is 6.42. The van der Waals surface area contributed by atoms with Crippen LogP contribution in [0.4, 0.5) is 8.78 Å². The second-order valence-electron chi connectivity index (χ2n) is 5.08. The molecule has 1 aromatic heterocycles. The number of alkyl halides is 2. The fourth-order valence-electron chi connectivity index (χ4n) is 2.19. The van der Waals surface area contributed by atoms with Crippen LogP contribution in [-0.4, -0.2) is 49.0 Å². The predicted octanol–water partition coefficient (Wildman–Crippen LogP) is 1.56. The maximum atomic E-state index is 13.0. The molecule has 0 saturated carbocycles. The Hall–Kier alpha value is -2.06. The molecule has 7 nitrogen and oxygen atoms in total. The molecule has 1 rings (SSSR count). The van der Waals surface area contributed by atoms with Crippen molar-refractivity contribution in [1.82, 2.24) is 19.9 Å². The van der Waals surface area contributed by atoms with Gasteiger partial charge in [0, 0.05) is 12.1 Å². The Kier molecular flexibility index (Phi) is 5.34. The topological polar surface area (TPSA) is 88.3 Å². The fraction of sp³-hybridized carbons (Fsp3) is 0.667. The molecule has 118 valence electrons. The Bertz CT molecular complexity index is 521. The van der Waals surface area contributed by atoms with Crippen molar-refractivity contribution < 1.29 is 23.5 Å². The van der Waals surface area contributed by atoms with Crippen LogP contribution in [0.5, 0.6) is 0 Å². The number of aromatic carboxylic acids is 1. The van der Waals surface area contributed by atoms with Gasteiger partial charge in [-0.15, -0.1) is 5.10 Å². The quantitative estimate of drug-likeness (QED) is 0.861. The number of nitrogens with zero attached hydrogens (tertiary/aromatic N) is 4. The van der Waals surface area contributed by atoms with E-state index in [4.69, 9.17) is 5.11 Å². The maximum Gasteiger partial charge on any atom is 0.358 e. The first-order chi connectivity index (χ1) is 9.66. The number of carbonyl (C=O) groups is 2. The third-order valence-corrected chi connectivity index (χ3v) is 2.87. The normalized spacial score (nSPS) is 11.5. The summed E-state index contributed by atoms with van der Waals surface area (Å²) in [6, 6.07) is -0.232. The minimum atomic E-state index is -3.08. The first-order valence-corrected chi connectivity index (χ1v) is 6.42. The largest absolute Gasteiger partial charge is 0.476 e. The molecule has 0 bridgehead atoms. The minimum absolute atomic E-state index is 0.116. The van der Waals surface area contributed by atoms with Crippen LogP contribution in [0, 0.1) is 0 Å². The summed E-state index contributed by atoms with van der Waals surface area (Å²) in [5.41, 5.74) is -1.69. The number of rotatable bonds is 6. The van der Waals surface area contributed by atoms with Crippen LogP contribution in [0.1, 0.15) is 50.3 Å². The molecule has 9 heteroatoms. The van der Waals surface area contributed by atoms with Crippen LogP contribution in [-0.2, 0) is 11.3 Å². The van der Waals surface area contributed by atoms with E-state index in [9.17, 15) is 18.4 Å². The molecule has 0 unspecified atom stereocenters. The van der Waals surface area contributed by atoms with Crippen molar-refractivity contribution in [3.63, 3.8) is 0 Å². The Morgan fingerprint density at radius 3 is 2.14 bits per heavy atom. The van der Waals surface area contributed by atoms with Crippen molar-refractivity contribution in [2.45, 2.75) is 52.7 Å². The zero-order chi connectivity index (χ0) is 16.3. The number of aromatic nitrogens is 3. The molecule has 0 fully saturated rings. The van der Waals surface area contributed by atoms with Gasteiger partial charge >= 0.3 is 5.97 Å². The fourth-order valence-corrected chi connectivity index (χ4v) is 2.19. The lowest BCUT2D eigenvalue weighted by Gasteiger charge is -2.30. The summed E-state index contributed by atoms with van der Waals surface area (Å²) < 4.78 is 26.6. The third kappa shape index (κ3) is 3.73. The van der Waals surface area contributed by atoms with Crippen molar-refractivity contribution in [2.75, 3.05) is 0 Å². The van der Waals surface area contributed by atoms with Gasteiger partial charge in [-0.25, -0.2) is 18.3 Å².